The quantitative estimate of drug-likeness (QED) is 0.466. The average molecular weight is 426 g/mol. The van der Waals surface area contributed by atoms with E-state index in [1.165, 1.54) is 29.3 Å². The van der Waals surface area contributed by atoms with Gasteiger partial charge < -0.3 is 14.9 Å². The van der Waals surface area contributed by atoms with Crippen molar-refractivity contribution in [2.24, 2.45) is 0 Å². The number of amides is 1. The van der Waals surface area contributed by atoms with Crippen molar-refractivity contribution in [1.29, 1.82) is 0 Å². The van der Waals surface area contributed by atoms with E-state index in [0.717, 1.165) is 0 Å². The molecule has 4 aromatic rings. The molecule has 3 aromatic heterocycles. The number of benzene rings is 1. The van der Waals surface area contributed by atoms with E-state index in [9.17, 15) is 18.7 Å². The van der Waals surface area contributed by atoms with E-state index in [4.69, 9.17) is 4.52 Å². The van der Waals surface area contributed by atoms with Crippen molar-refractivity contribution in [2.45, 2.75) is 12.6 Å². The summed E-state index contributed by atoms with van der Waals surface area (Å²) in [6, 6.07) is 11.0. The number of aromatic nitrogens is 5. The highest BCUT2D eigenvalue weighted by atomic mass is 19.1. The second-order valence-corrected chi connectivity index (χ2v) is 6.47. The molecule has 1 aromatic carbocycles. The number of nitrogens with one attached hydrogen (secondary N) is 1. The topological polar surface area (TPSA) is 119 Å². The van der Waals surface area contributed by atoms with E-state index in [-0.39, 0.29) is 24.0 Å². The van der Waals surface area contributed by atoms with Gasteiger partial charge in [0, 0.05) is 17.8 Å². The van der Waals surface area contributed by atoms with Gasteiger partial charge in [0.2, 0.25) is 0 Å². The van der Waals surface area contributed by atoms with E-state index in [2.05, 4.69) is 25.5 Å². The molecule has 9 nitrogen and oxygen atoms in total. The molecule has 4 rings (SSSR count). The van der Waals surface area contributed by atoms with E-state index in [0.29, 0.717) is 22.6 Å². The maximum Gasteiger partial charge on any atom is 0.257 e. The van der Waals surface area contributed by atoms with Crippen LogP contribution in [0.4, 0.5) is 14.6 Å². The number of aliphatic hydroxyl groups is 1. The first kappa shape index (κ1) is 20.3. The maximum atomic E-state index is 14.2. The highest BCUT2D eigenvalue weighted by molar-refractivity contribution is 5.93. The molecule has 0 saturated carbocycles. The summed E-state index contributed by atoms with van der Waals surface area (Å²) in [5.41, 5.74) is 1.77. The lowest BCUT2D eigenvalue weighted by molar-refractivity contribution is -0.124. The van der Waals surface area contributed by atoms with Crippen LogP contribution in [0.25, 0.3) is 22.9 Å². The third-order valence-electron chi connectivity index (χ3n) is 4.34. The number of carbonyl (C=O) groups excluding carboxylic acids is 1. The lowest BCUT2D eigenvalue weighted by Crippen LogP contribution is -2.29. The fraction of sp³-hybridized carbons (Fsp3) is 0.150. The molecule has 0 unspecified atom stereocenters. The molecule has 158 valence electrons. The minimum absolute atomic E-state index is 0.0640. The molecule has 0 bridgehead atoms. The first-order valence-corrected chi connectivity index (χ1v) is 9.15. The first-order chi connectivity index (χ1) is 15.0. The first-order valence-electron chi connectivity index (χ1n) is 9.15. The summed E-state index contributed by atoms with van der Waals surface area (Å²) in [5.74, 6) is -1.09. The van der Waals surface area contributed by atoms with Gasteiger partial charge in [-0.15, -0.1) is 0 Å². The average Bonchev–Trinajstić information content (AvgIpc) is 3.45. The van der Waals surface area contributed by atoms with Gasteiger partial charge in [-0.3, -0.25) is 9.48 Å². The van der Waals surface area contributed by atoms with Gasteiger partial charge in [0.25, 0.3) is 5.91 Å². The van der Waals surface area contributed by atoms with Crippen molar-refractivity contribution < 1.29 is 23.2 Å². The van der Waals surface area contributed by atoms with Gasteiger partial charge in [-0.1, -0.05) is 23.4 Å². The number of halogens is 2. The molecule has 11 heteroatoms. The van der Waals surface area contributed by atoms with Crippen LogP contribution in [0.5, 0.6) is 0 Å². The number of hydrogen-bond donors (Lipinski definition) is 2. The standard InChI is InChI=1S/C20H16F2N6O3/c21-10-17(29)20(30)25-18-5-7-23-19(24-18)15-9-16(14-6-8-31-27-14)28(26-15)11-12-3-1-2-4-13(12)22/h1-9,17,29H,10-11H2,(H,23,24,25,30)/t17-/m1/s1. The molecule has 0 fully saturated rings. The summed E-state index contributed by atoms with van der Waals surface area (Å²) in [6.07, 6.45) is 0.987. The lowest BCUT2D eigenvalue weighted by Gasteiger charge is -2.08. The van der Waals surface area contributed by atoms with Gasteiger partial charge in [-0.25, -0.2) is 18.7 Å². The Balaban J connectivity index is 1.69. The fourth-order valence-electron chi connectivity index (χ4n) is 2.82. The summed E-state index contributed by atoms with van der Waals surface area (Å²) in [7, 11) is 0. The van der Waals surface area contributed by atoms with E-state index < -0.39 is 18.7 Å². The summed E-state index contributed by atoms with van der Waals surface area (Å²) >= 11 is 0. The van der Waals surface area contributed by atoms with Crippen LogP contribution in [-0.4, -0.2) is 48.7 Å². The van der Waals surface area contributed by atoms with Crippen molar-refractivity contribution in [1.82, 2.24) is 24.9 Å². The molecule has 3 heterocycles. The van der Waals surface area contributed by atoms with Crippen molar-refractivity contribution in [3.8, 4) is 22.9 Å². The zero-order valence-electron chi connectivity index (χ0n) is 15.9. The number of nitrogens with zero attached hydrogens (tertiary/aromatic N) is 5. The van der Waals surface area contributed by atoms with Crippen LogP contribution >= 0.6 is 0 Å². The highest BCUT2D eigenvalue weighted by Crippen LogP contribution is 2.25. The van der Waals surface area contributed by atoms with Crippen LogP contribution in [0.2, 0.25) is 0 Å². The van der Waals surface area contributed by atoms with Gasteiger partial charge in [0.15, 0.2) is 11.9 Å². The Morgan fingerprint density at radius 1 is 1.23 bits per heavy atom. The predicted octanol–water partition coefficient (Wildman–Crippen LogP) is 2.45. The van der Waals surface area contributed by atoms with Gasteiger partial charge in [0.05, 0.1) is 12.2 Å². The number of carbonyl (C=O) groups is 1. The van der Waals surface area contributed by atoms with Crippen molar-refractivity contribution in [3.05, 3.63) is 66.3 Å². The van der Waals surface area contributed by atoms with Crippen LogP contribution in [0.15, 0.2) is 59.4 Å². The summed E-state index contributed by atoms with van der Waals surface area (Å²) in [5, 5.41) is 20.0. The largest absolute Gasteiger partial charge is 0.380 e. The summed E-state index contributed by atoms with van der Waals surface area (Å²) in [4.78, 5) is 20.0. The minimum Gasteiger partial charge on any atom is -0.380 e. The van der Waals surface area contributed by atoms with E-state index in [1.54, 1.807) is 30.3 Å². The van der Waals surface area contributed by atoms with Crippen LogP contribution in [0, 0.1) is 5.82 Å². The summed E-state index contributed by atoms with van der Waals surface area (Å²) in [6.45, 7) is -1.10. The number of alkyl halides is 1. The molecule has 0 aliphatic rings. The van der Waals surface area contributed by atoms with E-state index >= 15 is 0 Å². The second kappa shape index (κ2) is 8.79. The molecule has 2 N–H and O–H groups in total. The van der Waals surface area contributed by atoms with E-state index in [1.807, 2.05) is 0 Å². The SMILES string of the molecule is O=C(Nc1ccnc(-c2cc(-c3ccon3)n(Cc3ccccc3F)n2)n1)[C@H](O)CF. The third-order valence-corrected chi connectivity index (χ3v) is 4.34. The zero-order chi connectivity index (χ0) is 21.8. The second-order valence-electron chi connectivity index (χ2n) is 6.47. The number of hydrogen-bond acceptors (Lipinski definition) is 7. The molecule has 0 aliphatic heterocycles. The van der Waals surface area contributed by atoms with Gasteiger partial charge in [-0.05, 0) is 18.2 Å². The molecule has 0 saturated heterocycles. The Morgan fingerprint density at radius 3 is 2.81 bits per heavy atom. The molecule has 1 atom stereocenters. The molecule has 0 radical (unpaired) electrons. The molecule has 31 heavy (non-hydrogen) atoms. The number of rotatable bonds is 7. The highest BCUT2D eigenvalue weighted by Gasteiger charge is 2.19. The molecular weight excluding hydrogens is 410 g/mol. The predicted molar refractivity (Wildman–Crippen MR) is 105 cm³/mol. The van der Waals surface area contributed by atoms with Crippen LogP contribution in [0.3, 0.4) is 0 Å². The van der Waals surface area contributed by atoms with Gasteiger partial charge >= 0.3 is 0 Å². The molecule has 0 aliphatic carbocycles. The molecular formula is C20H16F2N6O3. The van der Waals surface area contributed by atoms with Crippen LogP contribution in [0.1, 0.15) is 5.56 Å². The minimum atomic E-state index is -1.79. The lowest BCUT2D eigenvalue weighted by atomic mass is 10.2. The number of aliphatic hydroxyl groups excluding tert-OH is 1. The zero-order valence-corrected chi connectivity index (χ0v) is 15.9. The Hall–Kier alpha value is -3.99. The number of anilines is 1. The molecule has 0 spiro atoms. The Labute approximate surface area is 174 Å². The Kier molecular flexibility index (Phi) is 5.76. The van der Waals surface area contributed by atoms with Crippen molar-refractivity contribution >= 4 is 11.7 Å². The van der Waals surface area contributed by atoms with Crippen LogP contribution < -0.4 is 5.32 Å². The summed E-state index contributed by atoms with van der Waals surface area (Å²) < 4.78 is 33.1. The van der Waals surface area contributed by atoms with Crippen molar-refractivity contribution in [2.75, 3.05) is 12.0 Å². The molecule has 1 amide bonds. The van der Waals surface area contributed by atoms with Crippen molar-refractivity contribution in [3.63, 3.8) is 0 Å². The van der Waals surface area contributed by atoms with Crippen LogP contribution in [-0.2, 0) is 11.3 Å². The monoisotopic (exact) mass is 426 g/mol. The smallest absolute Gasteiger partial charge is 0.257 e. The normalized spacial score (nSPS) is 12.0. The third kappa shape index (κ3) is 4.46. The Bertz CT molecular complexity index is 1200. The van der Waals surface area contributed by atoms with Gasteiger partial charge in [-0.2, -0.15) is 5.10 Å². The Morgan fingerprint density at radius 2 is 2.06 bits per heavy atom. The fourth-order valence-corrected chi connectivity index (χ4v) is 2.82. The maximum absolute atomic E-state index is 14.2. The van der Waals surface area contributed by atoms with Gasteiger partial charge in [0.1, 0.15) is 36.0 Å².